The van der Waals surface area contributed by atoms with Crippen molar-refractivity contribution in [1.29, 1.82) is 0 Å². The molecule has 3 aromatic rings. The Bertz CT molecular complexity index is 846. The molecule has 1 saturated heterocycles. The Hall–Kier alpha value is -2.38. The zero-order chi connectivity index (χ0) is 19.2. The molecule has 4 rings (SSSR count). The van der Waals surface area contributed by atoms with Gasteiger partial charge in [-0.05, 0) is 36.8 Å². The van der Waals surface area contributed by atoms with Crippen LogP contribution in [0.15, 0.2) is 66.2 Å². The van der Waals surface area contributed by atoms with Gasteiger partial charge in [0.05, 0.1) is 12.6 Å². The number of anilines is 1. The van der Waals surface area contributed by atoms with Crippen molar-refractivity contribution in [2.24, 2.45) is 0 Å². The second kappa shape index (κ2) is 9.21. The number of piperidine rings is 1. The molecular weight excluding hydrogens is 368 g/mol. The van der Waals surface area contributed by atoms with Gasteiger partial charge in [-0.1, -0.05) is 42.1 Å². The van der Waals surface area contributed by atoms with E-state index in [9.17, 15) is 0 Å². The number of nitrogens with zero attached hydrogens (tertiary/aromatic N) is 5. The molecule has 0 unspecified atom stereocenters. The lowest BCUT2D eigenvalue weighted by Crippen LogP contribution is -2.44. The van der Waals surface area contributed by atoms with Crippen LogP contribution in [-0.4, -0.2) is 45.1 Å². The van der Waals surface area contributed by atoms with Crippen molar-refractivity contribution in [3.8, 4) is 0 Å². The fourth-order valence-corrected chi connectivity index (χ4v) is 4.05. The predicted molar refractivity (Wildman–Crippen MR) is 114 cm³/mol. The molecule has 1 aliphatic rings. The van der Waals surface area contributed by atoms with Crippen molar-refractivity contribution in [2.75, 3.05) is 24.2 Å². The van der Waals surface area contributed by atoms with Gasteiger partial charge in [-0.15, -0.1) is 0 Å². The summed E-state index contributed by atoms with van der Waals surface area (Å²) in [7, 11) is 0. The second-order valence-corrected chi connectivity index (χ2v) is 7.79. The molecular formula is C21H26N6S. The van der Waals surface area contributed by atoms with Crippen LogP contribution in [0.2, 0.25) is 0 Å². The quantitative estimate of drug-likeness (QED) is 0.490. The number of aromatic nitrogens is 4. The molecule has 1 fully saturated rings. The van der Waals surface area contributed by atoms with E-state index in [0.717, 1.165) is 43.5 Å². The van der Waals surface area contributed by atoms with Gasteiger partial charge in [-0.25, -0.2) is 9.97 Å². The van der Waals surface area contributed by atoms with E-state index in [-0.39, 0.29) is 6.04 Å². The van der Waals surface area contributed by atoms with Crippen LogP contribution >= 0.6 is 11.8 Å². The van der Waals surface area contributed by atoms with Crippen molar-refractivity contribution in [3.63, 3.8) is 0 Å². The largest absolute Gasteiger partial charge is 0.356 e. The molecule has 1 aromatic carbocycles. The van der Waals surface area contributed by atoms with Crippen LogP contribution < -0.4 is 10.2 Å². The van der Waals surface area contributed by atoms with Gasteiger partial charge >= 0.3 is 0 Å². The molecule has 0 saturated carbocycles. The highest BCUT2D eigenvalue weighted by molar-refractivity contribution is 7.98. The number of thioether (sulfide) groups is 1. The van der Waals surface area contributed by atoms with Gasteiger partial charge in [0.1, 0.15) is 5.82 Å². The summed E-state index contributed by atoms with van der Waals surface area (Å²) in [6.07, 6.45) is 9.93. The highest BCUT2D eigenvalue weighted by Crippen LogP contribution is 2.23. The third-order valence-corrected chi connectivity index (χ3v) is 5.75. The summed E-state index contributed by atoms with van der Waals surface area (Å²) in [6.45, 7) is 2.85. The lowest BCUT2D eigenvalue weighted by Gasteiger charge is -2.35. The smallest absolute Gasteiger partial charge is 0.189 e. The van der Waals surface area contributed by atoms with Crippen molar-refractivity contribution >= 4 is 17.6 Å². The first-order chi connectivity index (χ1) is 13.8. The fraction of sp³-hybridized carbons (Fsp3) is 0.381. The van der Waals surface area contributed by atoms with E-state index in [0.29, 0.717) is 6.04 Å². The van der Waals surface area contributed by atoms with Crippen LogP contribution in [0.1, 0.15) is 24.4 Å². The molecule has 146 valence electrons. The maximum atomic E-state index is 4.64. The number of rotatable bonds is 7. The van der Waals surface area contributed by atoms with Gasteiger partial charge in [-0.3, -0.25) is 4.68 Å². The number of hydrogen-bond donors (Lipinski definition) is 1. The van der Waals surface area contributed by atoms with Crippen LogP contribution in [0.25, 0.3) is 0 Å². The molecule has 1 N–H and O–H groups in total. The summed E-state index contributed by atoms with van der Waals surface area (Å²) in [4.78, 5) is 11.3. The topological polar surface area (TPSA) is 58.9 Å². The van der Waals surface area contributed by atoms with Crippen LogP contribution in [0, 0.1) is 0 Å². The van der Waals surface area contributed by atoms with Crippen molar-refractivity contribution in [1.82, 2.24) is 25.1 Å². The van der Waals surface area contributed by atoms with Crippen LogP contribution in [-0.2, 0) is 6.54 Å². The Morgan fingerprint density at radius 1 is 1.11 bits per heavy atom. The first kappa shape index (κ1) is 19.0. The van der Waals surface area contributed by atoms with E-state index < -0.39 is 0 Å². The highest BCUT2D eigenvalue weighted by atomic mass is 32.2. The Morgan fingerprint density at radius 3 is 2.64 bits per heavy atom. The molecule has 6 nitrogen and oxygen atoms in total. The van der Waals surface area contributed by atoms with Crippen LogP contribution in [0.3, 0.4) is 0 Å². The molecule has 28 heavy (non-hydrogen) atoms. The molecule has 0 radical (unpaired) electrons. The van der Waals surface area contributed by atoms with E-state index in [1.165, 1.54) is 5.56 Å². The third kappa shape index (κ3) is 4.72. The lowest BCUT2D eigenvalue weighted by atomic mass is 10.0. The van der Waals surface area contributed by atoms with Gasteiger partial charge in [0.25, 0.3) is 0 Å². The second-order valence-electron chi connectivity index (χ2n) is 7.02. The van der Waals surface area contributed by atoms with E-state index in [4.69, 9.17) is 0 Å². The van der Waals surface area contributed by atoms with Gasteiger partial charge in [-0.2, -0.15) is 5.10 Å². The Balaban J connectivity index is 1.39. The predicted octanol–water partition coefficient (Wildman–Crippen LogP) is 3.39. The van der Waals surface area contributed by atoms with Gasteiger partial charge in [0.15, 0.2) is 5.16 Å². The van der Waals surface area contributed by atoms with Gasteiger partial charge in [0.2, 0.25) is 0 Å². The molecule has 7 heteroatoms. The maximum Gasteiger partial charge on any atom is 0.189 e. The van der Waals surface area contributed by atoms with Crippen LogP contribution in [0.5, 0.6) is 0 Å². The molecule has 0 spiro atoms. The van der Waals surface area contributed by atoms with E-state index in [1.54, 1.807) is 11.8 Å². The molecule has 1 atom stereocenters. The zero-order valence-electron chi connectivity index (χ0n) is 16.1. The number of benzene rings is 1. The molecule has 0 bridgehead atoms. The Labute approximate surface area is 170 Å². The standard InChI is InChI=1S/C21H26N6S/c1-28-21-22-12-8-20(25-21)26-14-9-18(10-15-26)24-19(16-27-13-5-11-23-27)17-6-3-2-4-7-17/h2-8,11-13,18-19,24H,9-10,14-16H2,1H3/t19-/m1/s1. The summed E-state index contributed by atoms with van der Waals surface area (Å²) in [5, 5.41) is 9.11. The molecule has 0 amide bonds. The van der Waals surface area contributed by atoms with E-state index in [1.807, 2.05) is 41.7 Å². The molecule has 1 aliphatic heterocycles. The maximum absolute atomic E-state index is 4.64. The summed E-state index contributed by atoms with van der Waals surface area (Å²) < 4.78 is 2.00. The van der Waals surface area contributed by atoms with E-state index in [2.05, 4.69) is 55.6 Å². The molecule has 2 aromatic heterocycles. The average molecular weight is 395 g/mol. The summed E-state index contributed by atoms with van der Waals surface area (Å²) >= 11 is 1.59. The van der Waals surface area contributed by atoms with Crippen molar-refractivity contribution in [3.05, 3.63) is 66.6 Å². The summed E-state index contributed by atoms with van der Waals surface area (Å²) in [5.74, 6) is 1.04. The average Bonchev–Trinajstić information content (AvgIpc) is 3.28. The number of nitrogens with one attached hydrogen (secondary N) is 1. The highest BCUT2D eigenvalue weighted by Gasteiger charge is 2.23. The first-order valence-electron chi connectivity index (χ1n) is 9.72. The van der Waals surface area contributed by atoms with Crippen molar-refractivity contribution in [2.45, 2.75) is 36.6 Å². The van der Waals surface area contributed by atoms with Gasteiger partial charge < -0.3 is 10.2 Å². The SMILES string of the molecule is CSc1nccc(N2CCC(N[C@H](Cn3cccn3)c3ccccc3)CC2)n1. The van der Waals surface area contributed by atoms with Gasteiger partial charge in [0, 0.05) is 37.7 Å². The summed E-state index contributed by atoms with van der Waals surface area (Å²) in [6, 6.07) is 15.4. The first-order valence-corrected chi connectivity index (χ1v) is 10.9. The third-order valence-electron chi connectivity index (χ3n) is 5.19. The minimum atomic E-state index is 0.250. The van der Waals surface area contributed by atoms with E-state index >= 15 is 0 Å². The number of hydrogen-bond acceptors (Lipinski definition) is 6. The Kier molecular flexibility index (Phi) is 6.24. The monoisotopic (exact) mass is 394 g/mol. The van der Waals surface area contributed by atoms with Crippen molar-refractivity contribution < 1.29 is 0 Å². The minimum absolute atomic E-state index is 0.250. The Morgan fingerprint density at radius 2 is 1.93 bits per heavy atom. The normalized spacial score (nSPS) is 16.2. The lowest BCUT2D eigenvalue weighted by molar-refractivity contribution is 0.338. The minimum Gasteiger partial charge on any atom is -0.356 e. The molecule has 0 aliphatic carbocycles. The zero-order valence-corrected chi connectivity index (χ0v) is 16.9. The van der Waals surface area contributed by atoms with Crippen LogP contribution in [0.4, 0.5) is 5.82 Å². The molecule has 3 heterocycles. The summed E-state index contributed by atoms with van der Waals surface area (Å²) in [5.41, 5.74) is 1.31. The fourth-order valence-electron chi connectivity index (χ4n) is 3.70.